The molecule has 4 nitrogen and oxygen atoms in total. The summed E-state index contributed by atoms with van der Waals surface area (Å²) in [7, 11) is 0. The van der Waals surface area contributed by atoms with E-state index < -0.39 is 0 Å². The molecule has 1 N–H and O–H groups in total. The normalized spacial score (nSPS) is 16.2. The van der Waals surface area contributed by atoms with Crippen molar-refractivity contribution < 1.29 is 9.53 Å². The van der Waals surface area contributed by atoms with Crippen molar-refractivity contribution in [2.75, 3.05) is 6.61 Å². The number of nitrogens with zero attached hydrogens (tertiary/aromatic N) is 1. The fourth-order valence-corrected chi connectivity index (χ4v) is 2.54. The zero-order chi connectivity index (χ0) is 13.9. The maximum absolute atomic E-state index is 12.5. The van der Waals surface area contributed by atoms with E-state index in [0.717, 1.165) is 41.0 Å². The van der Waals surface area contributed by atoms with Crippen LogP contribution in [0.25, 0.3) is 6.08 Å². The zero-order valence-corrected chi connectivity index (χ0v) is 11.3. The van der Waals surface area contributed by atoms with E-state index in [-0.39, 0.29) is 5.78 Å². The number of fused-ring (bicyclic) bond motifs is 1. The standard InChI is InChI=1S/C16H16N2O2/c1-2-20-15-5-3-4-14-13(15)7-6-11(16(14)19)8-12-9-17-10-18-12/h3-5,8-10H,2,6-7H2,1H3,(H,17,18). The first-order valence-electron chi connectivity index (χ1n) is 6.78. The first-order chi connectivity index (χ1) is 9.79. The van der Waals surface area contributed by atoms with Crippen LogP contribution in [0.2, 0.25) is 0 Å². The van der Waals surface area contributed by atoms with Gasteiger partial charge in [0, 0.05) is 16.7 Å². The molecule has 1 aromatic heterocycles. The fraction of sp³-hybridized carbons (Fsp3) is 0.250. The van der Waals surface area contributed by atoms with E-state index in [9.17, 15) is 4.79 Å². The second-order valence-electron chi connectivity index (χ2n) is 4.72. The summed E-state index contributed by atoms with van der Waals surface area (Å²) in [5, 5.41) is 0. The predicted octanol–water partition coefficient (Wildman–Crippen LogP) is 3.02. The number of benzene rings is 1. The molecule has 0 aliphatic heterocycles. The third-order valence-corrected chi connectivity index (χ3v) is 3.46. The number of nitrogens with one attached hydrogen (secondary N) is 1. The van der Waals surface area contributed by atoms with Crippen molar-refractivity contribution in [2.45, 2.75) is 19.8 Å². The molecule has 0 amide bonds. The minimum atomic E-state index is 0.0856. The van der Waals surface area contributed by atoms with Crippen molar-refractivity contribution in [1.29, 1.82) is 0 Å². The third-order valence-electron chi connectivity index (χ3n) is 3.46. The monoisotopic (exact) mass is 268 g/mol. The second-order valence-corrected chi connectivity index (χ2v) is 4.72. The second kappa shape index (κ2) is 5.33. The third kappa shape index (κ3) is 2.25. The van der Waals surface area contributed by atoms with E-state index in [4.69, 9.17) is 4.74 Å². The first-order valence-corrected chi connectivity index (χ1v) is 6.78. The molecule has 0 atom stereocenters. The largest absolute Gasteiger partial charge is 0.494 e. The van der Waals surface area contributed by atoms with E-state index in [1.807, 2.05) is 31.2 Å². The van der Waals surface area contributed by atoms with Gasteiger partial charge in [0.15, 0.2) is 5.78 Å². The van der Waals surface area contributed by atoms with Gasteiger partial charge in [-0.05, 0) is 31.9 Å². The summed E-state index contributed by atoms with van der Waals surface area (Å²) in [6, 6.07) is 5.68. The molecule has 102 valence electrons. The molecule has 0 fully saturated rings. The molecular formula is C16H16N2O2. The molecule has 0 saturated carbocycles. The van der Waals surface area contributed by atoms with Crippen molar-refractivity contribution in [3.8, 4) is 5.75 Å². The number of carbonyl (C=O) groups is 1. The van der Waals surface area contributed by atoms with Crippen molar-refractivity contribution in [3.63, 3.8) is 0 Å². The van der Waals surface area contributed by atoms with Crippen LogP contribution in [0.3, 0.4) is 0 Å². The SMILES string of the molecule is CCOc1cccc2c1CCC(=Cc1cnc[nH]1)C2=O. The van der Waals surface area contributed by atoms with Crippen LogP contribution in [0, 0.1) is 0 Å². The highest BCUT2D eigenvalue weighted by molar-refractivity contribution is 6.13. The Balaban J connectivity index is 1.97. The lowest BCUT2D eigenvalue weighted by molar-refractivity contribution is 0.102. The van der Waals surface area contributed by atoms with E-state index in [0.29, 0.717) is 6.61 Å². The highest BCUT2D eigenvalue weighted by Gasteiger charge is 2.24. The maximum atomic E-state index is 12.5. The van der Waals surface area contributed by atoms with Gasteiger partial charge in [-0.3, -0.25) is 4.79 Å². The number of rotatable bonds is 3. The van der Waals surface area contributed by atoms with Crippen LogP contribution in [-0.4, -0.2) is 22.4 Å². The molecule has 2 aromatic rings. The summed E-state index contributed by atoms with van der Waals surface area (Å²) < 4.78 is 5.61. The number of ether oxygens (including phenoxy) is 1. The average molecular weight is 268 g/mol. The van der Waals surface area contributed by atoms with Crippen molar-refractivity contribution in [2.24, 2.45) is 0 Å². The number of carbonyl (C=O) groups excluding carboxylic acids is 1. The molecule has 0 spiro atoms. The molecule has 20 heavy (non-hydrogen) atoms. The summed E-state index contributed by atoms with van der Waals surface area (Å²) in [4.78, 5) is 19.5. The molecule has 1 aliphatic rings. The Bertz CT molecular complexity index is 657. The van der Waals surface area contributed by atoms with E-state index in [1.54, 1.807) is 12.5 Å². The first kappa shape index (κ1) is 12.7. The Hall–Kier alpha value is -2.36. The summed E-state index contributed by atoms with van der Waals surface area (Å²) in [5.41, 5.74) is 3.46. The van der Waals surface area contributed by atoms with Gasteiger partial charge in [0.1, 0.15) is 5.75 Å². The van der Waals surface area contributed by atoms with E-state index in [2.05, 4.69) is 9.97 Å². The van der Waals surface area contributed by atoms with Gasteiger partial charge in [0.2, 0.25) is 0 Å². The topological polar surface area (TPSA) is 55.0 Å². The maximum Gasteiger partial charge on any atom is 0.189 e. The summed E-state index contributed by atoms with van der Waals surface area (Å²) in [5.74, 6) is 0.918. The smallest absolute Gasteiger partial charge is 0.189 e. The van der Waals surface area contributed by atoms with Gasteiger partial charge in [0.05, 0.1) is 24.8 Å². The van der Waals surface area contributed by atoms with Crippen LogP contribution in [-0.2, 0) is 6.42 Å². The van der Waals surface area contributed by atoms with Crippen molar-refractivity contribution in [1.82, 2.24) is 9.97 Å². The quantitative estimate of drug-likeness (QED) is 0.870. The van der Waals surface area contributed by atoms with Gasteiger partial charge in [-0.2, -0.15) is 0 Å². The number of aromatic nitrogens is 2. The lowest BCUT2D eigenvalue weighted by Crippen LogP contribution is -2.15. The van der Waals surface area contributed by atoms with Gasteiger partial charge in [-0.1, -0.05) is 12.1 Å². The summed E-state index contributed by atoms with van der Waals surface area (Å²) >= 11 is 0. The Labute approximate surface area is 117 Å². The molecule has 0 saturated heterocycles. The number of ketones is 1. The number of hydrogen-bond acceptors (Lipinski definition) is 3. The molecule has 0 unspecified atom stereocenters. The highest BCUT2D eigenvalue weighted by Crippen LogP contribution is 2.32. The predicted molar refractivity (Wildman–Crippen MR) is 76.8 cm³/mol. The minimum Gasteiger partial charge on any atom is -0.494 e. The Morgan fingerprint density at radius 3 is 3.05 bits per heavy atom. The Kier molecular flexibility index (Phi) is 3.37. The number of allylic oxidation sites excluding steroid dienone is 1. The number of H-pyrrole nitrogens is 1. The lowest BCUT2D eigenvalue weighted by atomic mass is 9.86. The number of hydrogen-bond donors (Lipinski definition) is 1. The lowest BCUT2D eigenvalue weighted by Gasteiger charge is -2.20. The molecular weight excluding hydrogens is 252 g/mol. The van der Waals surface area contributed by atoms with Crippen LogP contribution in [0.4, 0.5) is 0 Å². The summed E-state index contributed by atoms with van der Waals surface area (Å²) in [6.07, 6.45) is 6.77. The van der Waals surface area contributed by atoms with Crippen LogP contribution >= 0.6 is 0 Å². The van der Waals surface area contributed by atoms with Crippen LogP contribution < -0.4 is 4.74 Å². The molecule has 4 heteroatoms. The van der Waals surface area contributed by atoms with Gasteiger partial charge in [-0.25, -0.2) is 4.98 Å². The van der Waals surface area contributed by atoms with Crippen LogP contribution in [0.5, 0.6) is 5.75 Å². The number of Topliss-reactive ketones (excluding diaryl/α,β-unsaturated/α-hetero) is 1. The van der Waals surface area contributed by atoms with Gasteiger partial charge >= 0.3 is 0 Å². The Morgan fingerprint density at radius 1 is 1.40 bits per heavy atom. The summed E-state index contributed by atoms with van der Waals surface area (Å²) in [6.45, 7) is 2.56. The number of aromatic amines is 1. The van der Waals surface area contributed by atoms with Gasteiger partial charge in [0.25, 0.3) is 0 Å². The highest BCUT2D eigenvalue weighted by atomic mass is 16.5. The van der Waals surface area contributed by atoms with Crippen LogP contribution in [0.1, 0.15) is 35.0 Å². The zero-order valence-electron chi connectivity index (χ0n) is 11.3. The van der Waals surface area contributed by atoms with Crippen molar-refractivity contribution >= 4 is 11.9 Å². The van der Waals surface area contributed by atoms with E-state index in [1.165, 1.54) is 0 Å². The average Bonchev–Trinajstić information content (AvgIpc) is 2.96. The minimum absolute atomic E-state index is 0.0856. The molecule has 0 radical (unpaired) electrons. The molecule has 1 aromatic carbocycles. The van der Waals surface area contributed by atoms with Crippen molar-refractivity contribution in [3.05, 3.63) is 53.1 Å². The molecule has 3 rings (SSSR count). The van der Waals surface area contributed by atoms with E-state index >= 15 is 0 Å². The molecule has 0 bridgehead atoms. The number of imidazole rings is 1. The fourth-order valence-electron chi connectivity index (χ4n) is 2.54. The molecule has 1 aliphatic carbocycles. The van der Waals surface area contributed by atoms with Crippen LogP contribution in [0.15, 0.2) is 36.3 Å². The van der Waals surface area contributed by atoms with Gasteiger partial charge < -0.3 is 9.72 Å². The van der Waals surface area contributed by atoms with Gasteiger partial charge in [-0.15, -0.1) is 0 Å². The Morgan fingerprint density at radius 2 is 2.30 bits per heavy atom. The molecule has 1 heterocycles.